The Bertz CT molecular complexity index is 2240. The molecule has 0 N–H and O–H groups in total. The molecule has 1 heterocycles. The van der Waals surface area contributed by atoms with Gasteiger partial charge in [0.25, 0.3) is 9.03 Å². The predicted molar refractivity (Wildman–Crippen MR) is 229 cm³/mol. The quantitative estimate of drug-likeness (QED) is 0.121. The lowest BCUT2D eigenvalue weighted by Crippen LogP contribution is -2.12. The summed E-state index contributed by atoms with van der Waals surface area (Å²) in [5, 5.41) is 1.70. The number of rotatable bonds is 11. The topological polar surface area (TPSA) is 72.4 Å². The van der Waals surface area contributed by atoms with Crippen molar-refractivity contribution in [1.29, 1.82) is 0 Å². The first-order chi connectivity index (χ1) is 26.1. The molecule has 0 fully saturated rings. The number of fused-ring (bicyclic) bond motifs is 3. The third-order valence-electron chi connectivity index (χ3n) is 9.69. The van der Waals surface area contributed by atoms with Crippen LogP contribution in [0.5, 0.6) is 28.7 Å². The van der Waals surface area contributed by atoms with E-state index in [4.69, 9.17) is 31.4 Å². The third kappa shape index (κ3) is 8.64. The monoisotopic (exact) mass is 780 g/mol. The largest absolute Gasteiger partial charge is 0.497 e. The van der Waals surface area contributed by atoms with Gasteiger partial charge in [-0.05, 0) is 70.2 Å². The van der Waals surface area contributed by atoms with Crippen molar-refractivity contribution in [2.75, 3.05) is 14.2 Å². The Kier molecular flexibility index (Phi) is 11.9. The molecule has 0 amide bonds. The molecule has 290 valence electrons. The maximum absolute atomic E-state index is 6.91. The molecule has 1 aromatic heterocycles. The van der Waals surface area contributed by atoms with Crippen LogP contribution >= 0.6 is 17.3 Å². The summed E-state index contributed by atoms with van der Waals surface area (Å²) >= 11 is 0. The van der Waals surface area contributed by atoms with Crippen LogP contribution in [0.1, 0.15) is 103 Å². The van der Waals surface area contributed by atoms with E-state index in [1.54, 1.807) is 14.2 Å². The zero-order valence-electron chi connectivity index (χ0n) is 34.1. The van der Waals surface area contributed by atoms with Gasteiger partial charge in [-0.2, -0.15) is 0 Å². The minimum Gasteiger partial charge on any atom is -0.497 e. The lowest BCUT2D eigenvalue weighted by Gasteiger charge is -2.21. The van der Waals surface area contributed by atoms with Crippen molar-refractivity contribution in [2.24, 2.45) is 0 Å². The maximum atomic E-state index is 6.91. The normalized spacial score (nSPS) is 12.3. The van der Waals surface area contributed by atoms with Crippen molar-refractivity contribution in [3.8, 4) is 39.9 Å². The van der Waals surface area contributed by atoms with Gasteiger partial charge in [0.2, 0.25) is 0 Å². The molecule has 9 heteroatoms. The highest BCUT2D eigenvalue weighted by molar-refractivity contribution is 7.32. The molecule has 6 rings (SSSR count). The first-order valence-corrected chi connectivity index (χ1v) is 20.7. The van der Waals surface area contributed by atoms with Gasteiger partial charge in [0.1, 0.15) is 39.9 Å². The van der Waals surface area contributed by atoms with Crippen molar-refractivity contribution in [2.45, 2.75) is 91.9 Å². The van der Waals surface area contributed by atoms with Crippen LogP contribution in [-0.2, 0) is 10.8 Å². The highest BCUT2D eigenvalue weighted by Gasteiger charge is 2.27. The average Bonchev–Trinajstić information content (AvgIpc) is 3.29. The summed E-state index contributed by atoms with van der Waals surface area (Å²) in [6, 6.07) is 30.3. The second-order valence-corrected chi connectivity index (χ2v) is 18.0. The van der Waals surface area contributed by atoms with E-state index >= 15 is 0 Å². The van der Waals surface area contributed by atoms with Crippen molar-refractivity contribution in [3.05, 3.63) is 113 Å². The Hall–Kier alpha value is -4.57. The van der Waals surface area contributed by atoms with Crippen molar-refractivity contribution >= 4 is 39.2 Å². The van der Waals surface area contributed by atoms with E-state index in [2.05, 4.69) is 87.4 Å². The summed E-state index contributed by atoms with van der Waals surface area (Å²) in [5.74, 6) is 4.26. The smallest absolute Gasteiger partial charge is 0.453 e. The molecule has 0 saturated carbocycles. The third-order valence-corrected chi connectivity index (χ3v) is 11.3. The number of hydrogen-bond acceptors (Lipinski definition) is 7. The molecule has 0 aliphatic carbocycles. The van der Waals surface area contributed by atoms with E-state index in [1.165, 1.54) is 11.1 Å². The zero-order valence-corrected chi connectivity index (χ0v) is 36.0. The number of ether oxygens (including phenoxy) is 2. The first kappa shape index (κ1) is 40.1. The van der Waals surface area contributed by atoms with Crippen LogP contribution < -0.4 is 23.0 Å². The van der Waals surface area contributed by atoms with Crippen LogP contribution in [0, 0.1) is 0 Å². The van der Waals surface area contributed by atoms with Crippen LogP contribution in [0.3, 0.4) is 0 Å². The fourth-order valence-corrected chi connectivity index (χ4v) is 8.44. The molecule has 0 aliphatic heterocycles. The highest BCUT2D eigenvalue weighted by atomic mass is 31.1. The molecule has 0 aliphatic rings. The Morgan fingerprint density at radius 1 is 0.564 bits per heavy atom. The summed E-state index contributed by atoms with van der Waals surface area (Å²) in [7, 11) is 1.09. The number of hydrogen-bond donors (Lipinski definition) is 0. The van der Waals surface area contributed by atoms with Gasteiger partial charge in [-0.15, -0.1) is 0 Å². The average molecular weight is 781 g/mol. The molecule has 1 unspecified atom stereocenters. The number of benzene rings is 5. The predicted octanol–water partition coefficient (Wildman–Crippen LogP) is 14.6. The number of para-hydroxylation sites is 3. The fourth-order valence-electron chi connectivity index (χ4n) is 6.69. The minimum atomic E-state index is -2.03. The van der Waals surface area contributed by atoms with E-state index in [1.807, 2.05) is 72.8 Å². The van der Waals surface area contributed by atoms with E-state index in [-0.39, 0.29) is 19.9 Å². The summed E-state index contributed by atoms with van der Waals surface area (Å²) in [5.41, 5.74) is 6.78. The van der Waals surface area contributed by atoms with Gasteiger partial charge in [0, 0.05) is 33.0 Å². The van der Waals surface area contributed by atoms with E-state index < -0.39 is 8.24 Å². The lowest BCUT2D eigenvalue weighted by molar-refractivity contribution is 0.413. The molecule has 7 nitrogen and oxygen atoms in total. The van der Waals surface area contributed by atoms with E-state index in [0.717, 1.165) is 50.3 Å². The SMILES string of the molecule is COc1cc(C(C)(C)C)c2op(Oc3ccccc3-c3ccccc3OPOc3c(C(C)C)cccc3C(C)C)oc3c(C(C)(C)C)cc(OC)cc3c2c1. The highest BCUT2D eigenvalue weighted by Crippen LogP contribution is 2.48. The minimum absolute atomic E-state index is 0.256. The van der Waals surface area contributed by atoms with Gasteiger partial charge in [0.15, 0.2) is 0 Å². The fraction of sp³-hybridized carbons (Fsp3) is 0.348. The van der Waals surface area contributed by atoms with Gasteiger partial charge in [-0.1, -0.05) is 124 Å². The summed E-state index contributed by atoms with van der Waals surface area (Å²) in [6.07, 6.45) is 0. The molecule has 0 spiro atoms. The van der Waals surface area contributed by atoms with Gasteiger partial charge in [-0.25, -0.2) is 0 Å². The summed E-state index contributed by atoms with van der Waals surface area (Å²) in [6.45, 7) is 21.7. The Labute approximate surface area is 328 Å². The Balaban J connectivity index is 1.49. The second-order valence-electron chi connectivity index (χ2n) is 16.5. The Morgan fingerprint density at radius 2 is 1.02 bits per heavy atom. The van der Waals surface area contributed by atoms with Gasteiger partial charge >= 0.3 is 8.24 Å². The molecular weight excluding hydrogens is 726 g/mol. The molecule has 0 bridgehead atoms. The summed E-state index contributed by atoms with van der Waals surface area (Å²) < 4.78 is 45.3. The maximum Gasteiger partial charge on any atom is 0.453 e. The molecular formula is C46H54O7P2. The standard InChI is InChI=1S/C46H54O7P2/c1-28(2)32-20-17-21-33(29(3)4)42(32)50-54-49-40-22-15-13-18-34(40)35-19-14-16-23-41(35)51-55-52-43-36(24-30(47-11)26-38(43)45(5,6)7)37-25-31(48-12)27-39(44(37)53-55)46(8,9)10/h13-29,54H,1-12H3. The van der Waals surface area contributed by atoms with Crippen LogP contribution in [0.4, 0.5) is 0 Å². The molecule has 6 aromatic rings. The molecule has 0 radical (unpaired) electrons. The van der Waals surface area contributed by atoms with Crippen LogP contribution in [-0.4, -0.2) is 14.2 Å². The van der Waals surface area contributed by atoms with Crippen LogP contribution in [0.25, 0.3) is 33.1 Å². The first-order valence-electron chi connectivity index (χ1n) is 18.8. The van der Waals surface area contributed by atoms with Crippen LogP contribution in [0.15, 0.2) is 99.4 Å². The van der Waals surface area contributed by atoms with Crippen molar-refractivity contribution in [1.82, 2.24) is 0 Å². The number of methoxy groups -OCH3 is 2. The van der Waals surface area contributed by atoms with Gasteiger partial charge < -0.3 is 31.4 Å². The van der Waals surface area contributed by atoms with Crippen molar-refractivity contribution < 1.29 is 31.4 Å². The second kappa shape index (κ2) is 16.3. The molecule has 0 saturated heterocycles. The van der Waals surface area contributed by atoms with Crippen LogP contribution in [0.2, 0.25) is 0 Å². The molecule has 55 heavy (non-hydrogen) atoms. The van der Waals surface area contributed by atoms with Crippen molar-refractivity contribution in [3.63, 3.8) is 0 Å². The van der Waals surface area contributed by atoms with Gasteiger partial charge in [-0.3, -0.25) is 0 Å². The van der Waals surface area contributed by atoms with Gasteiger partial charge in [0.05, 0.1) is 14.2 Å². The van der Waals surface area contributed by atoms with E-state index in [9.17, 15) is 0 Å². The summed E-state index contributed by atoms with van der Waals surface area (Å²) in [4.78, 5) is 0. The van der Waals surface area contributed by atoms with E-state index in [0.29, 0.717) is 34.5 Å². The molecule has 5 aromatic carbocycles. The molecule has 1 atom stereocenters. The lowest BCUT2D eigenvalue weighted by atomic mass is 9.84. The zero-order chi connectivity index (χ0) is 39.7. The Morgan fingerprint density at radius 3 is 1.47 bits per heavy atom.